The number of anilines is 1. The van der Waals surface area contributed by atoms with E-state index in [1.807, 2.05) is 30.3 Å². The monoisotopic (exact) mass is 405 g/mol. The molecule has 0 N–H and O–H groups in total. The molecule has 0 aromatic heterocycles. The fourth-order valence-electron chi connectivity index (χ4n) is 4.31. The Morgan fingerprint density at radius 3 is 2.60 bits per heavy atom. The molecular weight excluding hydrogens is 378 g/mol. The van der Waals surface area contributed by atoms with E-state index >= 15 is 0 Å². The highest BCUT2D eigenvalue weighted by Crippen LogP contribution is 2.39. The number of benzene rings is 2. The van der Waals surface area contributed by atoms with Crippen molar-refractivity contribution >= 4 is 11.5 Å². The molecule has 2 aliphatic rings. The summed E-state index contributed by atoms with van der Waals surface area (Å²) >= 11 is 0. The summed E-state index contributed by atoms with van der Waals surface area (Å²) in [4.78, 5) is 17.0. The zero-order valence-electron chi connectivity index (χ0n) is 17.3. The molecule has 30 heavy (non-hydrogen) atoms. The molecule has 0 aliphatic carbocycles. The van der Waals surface area contributed by atoms with Gasteiger partial charge in [0, 0.05) is 32.1 Å². The molecular formula is C24H27N3O3. The first-order valence-electron chi connectivity index (χ1n) is 10.5. The Morgan fingerprint density at radius 2 is 1.83 bits per heavy atom. The Kier molecular flexibility index (Phi) is 6.20. The number of ketones is 1. The van der Waals surface area contributed by atoms with Crippen LogP contribution in [0.2, 0.25) is 0 Å². The summed E-state index contributed by atoms with van der Waals surface area (Å²) in [6.07, 6.45) is 0.728. The largest absolute Gasteiger partial charge is 0.486 e. The van der Waals surface area contributed by atoms with Crippen molar-refractivity contribution in [3.63, 3.8) is 0 Å². The number of Topliss-reactive ketones (excluding diaryl/α,β-unsaturated/α-hetero) is 1. The second-order valence-corrected chi connectivity index (χ2v) is 7.78. The van der Waals surface area contributed by atoms with Crippen LogP contribution in [0.3, 0.4) is 0 Å². The van der Waals surface area contributed by atoms with Crippen molar-refractivity contribution < 1.29 is 14.3 Å². The molecule has 1 unspecified atom stereocenters. The number of hydrogen-bond acceptors (Lipinski definition) is 6. The van der Waals surface area contributed by atoms with Gasteiger partial charge in [0.05, 0.1) is 17.3 Å². The number of rotatable bonds is 6. The van der Waals surface area contributed by atoms with Crippen LogP contribution in [0.15, 0.2) is 42.5 Å². The molecule has 0 bridgehead atoms. The average molecular weight is 405 g/mol. The molecule has 2 heterocycles. The van der Waals surface area contributed by atoms with E-state index in [9.17, 15) is 10.1 Å². The van der Waals surface area contributed by atoms with Gasteiger partial charge in [-0.3, -0.25) is 9.69 Å². The van der Waals surface area contributed by atoms with Crippen molar-refractivity contribution in [1.82, 2.24) is 4.90 Å². The first-order valence-corrected chi connectivity index (χ1v) is 10.5. The van der Waals surface area contributed by atoms with Gasteiger partial charge in [-0.05, 0) is 43.7 Å². The van der Waals surface area contributed by atoms with E-state index in [1.54, 1.807) is 13.0 Å². The van der Waals surface area contributed by atoms with Crippen molar-refractivity contribution in [1.29, 1.82) is 5.26 Å². The van der Waals surface area contributed by atoms with Crippen LogP contribution in [-0.2, 0) is 4.79 Å². The minimum Gasteiger partial charge on any atom is -0.486 e. The average Bonchev–Trinajstić information content (AvgIpc) is 2.79. The minimum absolute atomic E-state index is 0.115. The Bertz CT molecular complexity index is 945. The van der Waals surface area contributed by atoms with Gasteiger partial charge in [-0.2, -0.15) is 5.26 Å². The Hall–Kier alpha value is -3.04. The van der Waals surface area contributed by atoms with Crippen molar-refractivity contribution in [2.24, 2.45) is 0 Å². The van der Waals surface area contributed by atoms with Crippen molar-refractivity contribution in [2.45, 2.75) is 19.3 Å². The third-order valence-electron chi connectivity index (χ3n) is 5.94. The molecule has 6 nitrogen and oxygen atoms in total. The maximum absolute atomic E-state index is 12.3. The lowest BCUT2D eigenvalue weighted by Gasteiger charge is -2.37. The van der Waals surface area contributed by atoms with E-state index in [2.05, 4.69) is 21.9 Å². The van der Waals surface area contributed by atoms with E-state index in [0.717, 1.165) is 61.9 Å². The van der Waals surface area contributed by atoms with Gasteiger partial charge < -0.3 is 14.4 Å². The molecule has 1 atom stereocenters. The second-order valence-electron chi connectivity index (χ2n) is 7.78. The number of nitrogens with zero attached hydrogens (tertiary/aromatic N) is 3. The van der Waals surface area contributed by atoms with Crippen molar-refractivity contribution in [3.05, 3.63) is 53.6 Å². The molecule has 2 aromatic carbocycles. The van der Waals surface area contributed by atoms with E-state index in [1.165, 1.54) is 0 Å². The van der Waals surface area contributed by atoms with Crippen molar-refractivity contribution in [2.75, 3.05) is 50.8 Å². The van der Waals surface area contributed by atoms with Crippen LogP contribution in [0.25, 0.3) is 0 Å². The van der Waals surface area contributed by atoms with E-state index in [4.69, 9.17) is 9.47 Å². The Morgan fingerprint density at radius 1 is 1.07 bits per heavy atom. The fourth-order valence-corrected chi connectivity index (χ4v) is 4.31. The van der Waals surface area contributed by atoms with Crippen LogP contribution in [0.4, 0.5) is 5.69 Å². The summed E-state index contributed by atoms with van der Waals surface area (Å²) < 4.78 is 11.6. The molecule has 0 radical (unpaired) electrons. The molecule has 6 heteroatoms. The summed E-state index contributed by atoms with van der Waals surface area (Å²) in [6, 6.07) is 15.7. The first kappa shape index (κ1) is 20.2. The Balaban J connectivity index is 1.37. The zero-order valence-corrected chi connectivity index (χ0v) is 17.3. The molecule has 4 rings (SSSR count). The Labute approximate surface area is 177 Å². The summed E-state index contributed by atoms with van der Waals surface area (Å²) in [5, 5.41) is 9.39. The van der Waals surface area contributed by atoms with Gasteiger partial charge in [0.15, 0.2) is 11.5 Å². The van der Waals surface area contributed by atoms with Gasteiger partial charge in [-0.25, -0.2) is 0 Å². The first-order chi connectivity index (χ1) is 14.7. The standard InChI is InChI=1S/C24H27N3O3/c1-18(28)20(21-6-3-2-5-19(21)17-25)9-10-26-11-13-27(14-12-26)22-7-4-8-23-24(22)30-16-15-29-23/h2-8,20H,9-16H2,1H3. The van der Waals surface area contributed by atoms with Gasteiger partial charge in [-0.1, -0.05) is 24.3 Å². The van der Waals surface area contributed by atoms with Gasteiger partial charge in [0.25, 0.3) is 0 Å². The minimum atomic E-state index is -0.231. The number of carbonyl (C=O) groups is 1. The van der Waals surface area contributed by atoms with Gasteiger partial charge in [0.2, 0.25) is 0 Å². The predicted octanol–water partition coefficient (Wildman–Crippen LogP) is 3.21. The molecule has 0 spiro atoms. The van der Waals surface area contributed by atoms with Crippen molar-refractivity contribution in [3.8, 4) is 17.6 Å². The molecule has 1 saturated heterocycles. The van der Waals surface area contributed by atoms with Crippen LogP contribution in [-0.4, -0.2) is 56.6 Å². The van der Waals surface area contributed by atoms with Crippen LogP contribution in [0, 0.1) is 11.3 Å². The summed E-state index contributed by atoms with van der Waals surface area (Å²) in [5.74, 6) is 1.55. The van der Waals surface area contributed by atoms with E-state index in [0.29, 0.717) is 18.8 Å². The molecule has 1 fully saturated rings. The van der Waals surface area contributed by atoms with Gasteiger partial charge in [-0.15, -0.1) is 0 Å². The van der Waals surface area contributed by atoms with E-state index < -0.39 is 0 Å². The third kappa shape index (κ3) is 4.27. The van der Waals surface area contributed by atoms with Crippen LogP contribution >= 0.6 is 0 Å². The number of hydrogen-bond donors (Lipinski definition) is 0. The SMILES string of the molecule is CC(=O)C(CCN1CCN(c2cccc3c2OCCO3)CC1)c1ccccc1C#N. The lowest BCUT2D eigenvalue weighted by molar-refractivity contribution is -0.118. The maximum Gasteiger partial charge on any atom is 0.184 e. The van der Waals surface area contributed by atoms with Crippen LogP contribution in [0.5, 0.6) is 11.5 Å². The zero-order chi connectivity index (χ0) is 20.9. The topological polar surface area (TPSA) is 65.8 Å². The van der Waals surface area contributed by atoms with Crippen LogP contribution in [0.1, 0.15) is 30.4 Å². The molecule has 2 aliphatic heterocycles. The summed E-state index contributed by atoms with van der Waals surface area (Å²) in [7, 11) is 0. The quantitative estimate of drug-likeness (QED) is 0.735. The highest BCUT2D eigenvalue weighted by molar-refractivity contribution is 5.84. The fraction of sp³-hybridized carbons (Fsp3) is 0.417. The number of nitriles is 1. The lowest BCUT2D eigenvalue weighted by atomic mass is 9.89. The normalized spacial score (nSPS) is 17.3. The van der Waals surface area contributed by atoms with Crippen LogP contribution < -0.4 is 14.4 Å². The molecule has 0 saturated carbocycles. The summed E-state index contributed by atoms with van der Waals surface area (Å²) in [6.45, 7) is 7.29. The second kappa shape index (κ2) is 9.19. The predicted molar refractivity (Wildman–Crippen MR) is 115 cm³/mol. The van der Waals surface area contributed by atoms with Gasteiger partial charge >= 0.3 is 0 Å². The smallest absolute Gasteiger partial charge is 0.184 e. The van der Waals surface area contributed by atoms with E-state index in [-0.39, 0.29) is 11.7 Å². The number of piperazine rings is 1. The molecule has 2 aromatic rings. The number of carbonyl (C=O) groups excluding carboxylic acids is 1. The number of para-hydroxylation sites is 1. The van der Waals surface area contributed by atoms with Gasteiger partial charge in [0.1, 0.15) is 19.0 Å². The number of fused-ring (bicyclic) bond motifs is 1. The third-order valence-corrected chi connectivity index (χ3v) is 5.94. The maximum atomic E-state index is 12.3. The lowest BCUT2D eigenvalue weighted by Crippen LogP contribution is -2.47. The highest BCUT2D eigenvalue weighted by Gasteiger charge is 2.25. The number of ether oxygens (including phenoxy) is 2. The molecule has 0 amide bonds. The highest BCUT2D eigenvalue weighted by atomic mass is 16.6. The molecule has 156 valence electrons. The summed E-state index contributed by atoms with van der Waals surface area (Å²) in [5.41, 5.74) is 2.54.